The molecule has 0 aliphatic carbocycles. The molecule has 1 unspecified atom stereocenters. The first-order valence-electron chi connectivity index (χ1n) is 7.95. The number of rotatable bonds is 6. The zero-order valence-corrected chi connectivity index (χ0v) is 13.1. The molecule has 1 fully saturated rings. The summed E-state index contributed by atoms with van der Waals surface area (Å²) in [4.78, 5) is 14.5. The van der Waals surface area contributed by atoms with Gasteiger partial charge in [0.05, 0.1) is 0 Å². The zero-order valence-electron chi connectivity index (χ0n) is 13.1. The average molecular weight is 289 g/mol. The Morgan fingerprint density at radius 2 is 2.29 bits per heavy atom. The van der Waals surface area contributed by atoms with Crippen LogP contribution in [-0.2, 0) is 4.79 Å². The number of anilines is 2. The first-order chi connectivity index (χ1) is 10.1. The van der Waals surface area contributed by atoms with E-state index in [2.05, 4.69) is 24.1 Å². The van der Waals surface area contributed by atoms with Crippen molar-refractivity contribution in [3.63, 3.8) is 0 Å². The number of hydrogen-bond donors (Lipinski definition) is 2. The van der Waals surface area contributed by atoms with Gasteiger partial charge in [-0.3, -0.25) is 4.79 Å². The number of benzene rings is 1. The molecule has 0 aromatic heterocycles. The van der Waals surface area contributed by atoms with Crippen molar-refractivity contribution in [2.45, 2.75) is 45.6 Å². The Bertz CT molecular complexity index is 473. The SMILES string of the molecule is CC(C)C1CCCN1CCCC(=O)Nc1cccc(N)c1. The summed E-state index contributed by atoms with van der Waals surface area (Å²) in [6, 6.07) is 8.01. The smallest absolute Gasteiger partial charge is 0.224 e. The molecule has 4 nitrogen and oxygen atoms in total. The van der Waals surface area contributed by atoms with Gasteiger partial charge in [0.25, 0.3) is 0 Å². The minimum Gasteiger partial charge on any atom is -0.399 e. The number of likely N-dealkylation sites (tertiary alicyclic amines) is 1. The Balaban J connectivity index is 1.72. The van der Waals surface area contributed by atoms with Crippen LogP contribution in [-0.4, -0.2) is 29.9 Å². The molecule has 1 amide bonds. The number of amides is 1. The van der Waals surface area contributed by atoms with E-state index in [0.717, 1.165) is 18.7 Å². The first kappa shape index (κ1) is 15.8. The van der Waals surface area contributed by atoms with E-state index < -0.39 is 0 Å². The van der Waals surface area contributed by atoms with Crippen LogP contribution in [0.15, 0.2) is 24.3 Å². The predicted molar refractivity (Wildman–Crippen MR) is 88.2 cm³/mol. The van der Waals surface area contributed by atoms with Gasteiger partial charge in [0.2, 0.25) is 5.91 Å². The molecule has 2 rings (SSSR count). The van der Waals surface area contributed by atoms with E-state index in [0.29, 0.717) is 24.1 Å². The van der Waals surface area contributed by atoms with Gasteiger partial charge in [0.15, 0.2) is 0 Å². The van der Waals surface area contributed by atoms with Crippen LogP contribution in [0.3, 0.4) is 0 Å². The molecule has 1 atom stereocenters. The topological polar surface area (TPSA) is 58.4 Å². The largest absolute Gasteiger partial charge is 0.399 e. The van der Waals surface area contributed by atoms with Crippen molar-refractivity contribution in [3.8, 4) is 0 Å². The fraction of sp³-hybridized carbons (Fsp3) is 0.588. The lowest BCUT2D eigenvalue weighted by Gasteiger charge is -2.27. The summed E-state index contributed by atoms with van der Waals surface area (Å²) in [6.07, 6.45) is 4.07. The second kappa shape index (κ2) is 7.46. The van der Waals surface area contributed by atoms with Crippen molar-refractivity contribution in [2.24, 2.45) is 5.92 Å². The molecule has 1 saturated heterocycles. The molecule has 1 aromatic carbocycles. The van der Waals surface area contributed by atoms with E-state index in [-0.39, 0.29) is 5.91 Å². The Morgan fingerprint density at radius 1 is 1.48 bits per heavy atom. The molecule has 0 spiro atoms. The number of nitrogens with zero attached hydrogens (tertiary/aromatic N) is 1. The van der Waals surface area contributed by atoms with E-state index in [1.807, 2.05) is 18.2 Å². The number of hydrogen-bond acceptors (Lipinski definition) is 3. The summed E-state index contributed by atoms with van der Waals surface area (Å²) in [6.45, 7) is 6.78. The molecule has 0 radical (unpaired) electrons. The van der Waals surface area contributed by atoms with Crippen LogP contribution in [0.4, 0.5) is 11.4 Å². The van der Waals surface area contributed by atoms with Crippen LogP contribution in [0, 0.1) is 5.92 Å². The highest BCUT2D eigenvalue weighted by atomic mass is 16.1. The molecule has 0 saturated carbocycles. The van der Waals surface area contributed by atoms with Crippen LogP contribution < -0.4 is 11.1 Å². The van der Waals surface area contributed by atoms with E-state index in [1.165, 1.54) is 19.4 Å². The summed E-state index contributed by atoms with van der Waals surface area (Å²) >= 11 is 0. The zero-order chi connectivity index (χ0) is 15.2. The molecule has 0 bridgehead atoms. The molecule has 116 valence electrons. The van der Waals surface area contributed by atoms with E-state index in [9.17, 15) is 4.79 Å². The third kappa shape index (κ3) is 4.74. The van der Waals surface area contributed by atoms with E-state index in [4.69, 9.17) is 5.73 Å². The molecule has 1 aliphatic heterocycles. The summed E-state index contributed by atoms with van der Waals surface area (Å²) in [5.41, 5.74) is 7.15. The van der Waals surface area contributed by atoms with Gasteiger partial charge < -0.3 is 16.0 Å². The monoisotopic (exact) mass is 289 g/mol. The van der Waals surface area contributed by atoms with Gasteiger partial charge in [0, 0.05) is 23.8 Å². The number of nitrogens with two attached hydrogens (primary N) is 1. The summed E-state index contributed by atoms with van der Waals surface area (Å²) in [5.74, 6) is 0.773. The van der Waals surface area contributed by atoms with E-state index >= 15 is 0 Å². The summed E-state index contributed by atoms with van der Waals surface area (Å²) in [7, 11) is 0. The lowest BCUT2D eigenvalue weighted by molar-refractivity contribution is -0.116. The van der Waals surface area contributed by atoms with Gasteiger partial charge >= 0.3 is 0 Å². The van der Waals surface area contributed by atoms with Crippen LogP contribution in [0.1, 0.15) is 39.5 Å². The molecule has 1 aromatic rings. The summed E-state index contributed by atoms with van der Waals surface area (Å²) < 4.78 is 0. The Kier molecular flexibility index (Phi) is 5.62. The number of carbonyl (C=O) groups is 1. The Labute approximate surface area is 127 Å². The molecule has 4 heteroatoms. The van der Waals surface area contributed by atoms with Crippen molar-refractivity contribution in [2.75, 3.05) is 24.1 Å². The number of nitrogens with one attached hydrogen (secondary N) is 1. The predicted octanol–water partition coefficient (Wildman–Crippen LogP) is 3.11. The molecule has 21 heavy (non-hydrogen) atoms. The van der Waals surface area contributed by atoms with Gasteiger partial charge in [-0.05, 0) is 56.5 Å². The highest BCUT2D eigenvalue weighted by Crippen LogP contribution is 2.23. The average Bonchev–Trinajstić information content (AvgIpc) is 2.87. The second-order valence-electron chi connectivity index (χ2n) is 6.27. The van der Waals surface area contributed by atoms with Gasteiger partial charge in [-0.1, -0.05) is 19.9 Å². The van der Waals surface area contributed by atoms with Crippen LogP contribution >= 0.6 is 0 Å². The summed E-state index contributed by atoms with van der Waals surface area (Å²) in [5, 5.41) is 2.90. The second-order valence-corrected chi connectivity index (χ2v) is 6.27. The molecular formula is C17H27N3O. The fourth-order valence-corrected chi connectivity index (χ4v) is 3.17. The number of carbonyl (C=O) groups excluding carboxylic acids is 1. The van der Waals surface area contributed by atoms with Gasteiger partial charge in [-0.2, -0.15) is 0 Å². The maximum absolute atomic E-state index is 11.9. The highest BCUT2D eigenvalue weighted by Gasteiger charge is 2.26. The number of nitrogen functional groups attached to an aromatic ring is 1. The lowest BCUT2D eigenvalue weighted by atomic mass is 10.0. The third-order valence-electron chi connectivity index (χ3n) is 4.20. The lowest BCUT2D eigenvalue weighted by Crippen LogP contribution is -2.34. The first-order valence-corrected chi connectivity index (χ1v) is 7.95. The van der Waals surface area contributed by atoms with Crippen LogP contribution in [0.5, 0.6) is 0 Å². The molecule has 3 N–H and O–H groups in total. The van der Waals surface area contributed by atoms with Gasteiger partial charge in [0.1, 0.15) is 0 Å². The van der Waals surface area contributed by atoms with Crippen molar-refractivity contribution in [3.05, 3.63) is 24.3 Å². The molecular weight excluding hydrogens is 262 g/mol. The van der Waals surface area contributed by atoms with Gasteiger partial charge in [-0.25, -0.2) is 0 Å². The standard InChI is InChI=1S/C17H27N3O/c1-13(2)16-8-4-10-20(16)11-5-9-17(21)19-15-7-3-6-14(18)12-15/h3,6-7,12-13,16H,4-5,8-11,18H2,1-2H3,(H,19,21). The van der Waals surface area contributed by atoms with Crippen molar-refractivity contribution < 1.29 is 4.79 Å². The normalized spacial score (nSPS) is 19.1. The van der Waals surface area contributed by atoms with E-state index in [1.54, 1.807) is 6.07 Å². The highest BCUT2D eigenvalue weighted by molar-refractivity contribution is 5.91. The maximum atomic E-state index is 11.9. The Hall–Kier alpha value is -1.55. The van der Waals surface area contributed by atoms with Crippen LogP contribution in [0.2, 0.25) is 0 Å². The van der Waals surface area contributed by atoms with Crippen LogP contribution in [0.25, 0.3) is 0 Å². The Morgan fingerprint density at radius 3 is 3.00 bits per heavy atom. The van der Waals surface area contributed by atoms with Gasteiger partial charge in [-0.15, -0.1) is 0 Å². The fourth-order valence-electron chi connectivity index (χ4n) is 3.17. The van der Waals surface area contributed by atoms with Crippen molar-refractivity contribution in [1.29, 1.82) is 0 Å². The maximum Gasteiger partial charge on any atom is 0.224 e. The quantitative estimate of drug-likeness (QED) is 0.791. The molecule has 1 aliphatic rings. The van der Waals surface area contributed by atoms with Crippen molar-refractivity contribution in [1.82, 2.24) is 4.90 Å². The molecule has 1 heterocycles. The minimum absolute atomic E-state index is 0.0703. The van der Waals surface area contributed by atoms with Crippen molar-refractivity contribution >= 4 is 17.3 Å². The minimum atomic E-state index is 0.0703. The third-order valence-corrected chi connectivity index (χ3v) is 4.20.